The average Bonchev–Trinajstić information content (AvgIpc) is 2.20. The Hall–Kier alpha value is -1.42. The smallest absolute Gasteiger partial charge is 0.308 e. The second-order valence-electron chi connectivity index (χ2n) is 3.17. The van der Waals surface area contributed by atoms with E-state index < -0.39 is 11.9 Å². The van der Waals surface area contributed by atoms with Crippen molar-refractivity contribution in [3.05, 3.63) is 30.1 Å². The van der Waals surface area contributed by atoms with E-state index in [1.165, 1.54) is 0 Å². The summed E-state index contributed by atoms with van der Waals surface area (Å²) in [5.74, 6) is -1.26. The summed E-state index contributed by atoms with van der Waals surface area (Å²) in [4.78, 5) is 14.7. The highest BCUT2D eigenvalue weighted by molar-refractivity contribution is 5.70. The van der Waals surface area contributed by atoms with Crippen molar-refractivity contribution in [1.82, 2.24) is 10.3 Å². The van der Waals surface area contributed by atoms with Crippen molar-refractivity contribution in [2.45, 2.75) is 13.0 Å². The van der Waals surface area contributed by atoms with Crippen LogP contribution in [-0.2, 0) is 4.79 Å². The standard InChI is InChI=1S/C10H14N2O2/c1-7(10(13)14)9(11-2)8-3-5-12-6-4-8/h3-7,9,11H,1-2H3,(H,13,14). The Morgan fingerprint density at radius 2 is 2.07 bits per heavy atom. The topological polar surface area (TPSA) is 62.2 Å². The first-order valence-corrected chi connectivity index (χ1v) is 4.46. The van der Waals surface area contributed by atoms with Gasteiger partial charge in [-0.1, -0.05) is 6.92 Å². The minimum atomic E-state index is -0.804. The van der Waals surface area contributed by atoms with Gasteiger partial charge < -0.3 is 10.4 Å². The molecule has 0 saturated heterocycles. The Bertz CT molecular complexity index is 300. The molecule has 0 spiro atoms. The zero-order chi connectivity index (χ0) is 10.6. The molecule has 0 radical (unpaired) electrons. The van der Waals surface area contributed by atoms with Crippen LogP contribution in [0.1, 0.15) is 18.5 Å². The molecule has 0 amide bonds. The second-order valence-corrected chi connectivity index (χ2v) is 3.17. The number of carboxylic acids is 1. The van der Waals surface area contributed by atoms with Crippen LogP contribution in [0, 0.1) is 5.92 Å². The van der Waals surface area contributed by atoms with E-state index in [-0.39, 0.29) is 6.04 Å². The predicted octanol–water partition coefficient (Wildman–Crippen LogP) is 1.06. The molecule has 0 aliphatic carbocycles. The van der Waals surface area contributed by atoms with Crippen molar-refractivity contribution >= 4 is 5.97 Å². The zero-order valence-electron chi connectivity index (χ0n) is 8.27. The maximum atomic E-state index is 10.8. The van der Waals surface area contributed by atoms with Crippen LogP contribution in [0.4, 0.5) is 0 Å². The van der Waals surface area contributed by atoms with Crippen molar-refractivity contribution in [2.24, 2.45) is 5.92 Å². The molecule has 0 fully saturated rings. The molecule has 2 N–H and O–H groups in total. The van der Waals surface area contributed by atoms with Crippen molar-refractivity contribution < 1.29 is 9.90 Å². The lowest BCUT2D eigenvalue weighted by Crippen LogP contribution is -2.28. The van der Waals surface area contributed by atoms with E-state index in [0.29, 0.717) is 0 Å². The molecule has 1 heterocycles. The molecule has 2 unspecified atom stereocenters. The normalized spacial score (nSPS) is 14.7. The predicted molar refractivity (Wildman–Crippen MR) is 52.8 cm³/mol. The first kappa shape index (κ1) is 10.7. The van der Waals surface area contributed by atoms with E-state index in [0.717, 1.165) is 5.56 Å². The fourth-order valence-electron chi connectivity index (χ4n) is 1.42. The summed E-state index contributed by atoms with van der Waals surface area (Å²) in [6, 6.07) is 3.47. The van der Waals surface area contributed by atoms with E-state index in [2.05, 4.69) is 10.3 Å². The highest BCUT2D eigenvalue weighted by Gasteiger charge is 2.23. The molecule has 14 heavy (non-hydrogen) atoms. The SMILES string of the molecule is CNC(c1ccncc1)C(C)C(=O)O. The molecule has 4 nitrogen and oxygen atoms in total. The van der Waals surface area contributed by atoms with Crippen molar-refractivity contribution in [2.75, 3.05) is 7.05 Å². The lowest BCUT2D eigenvalue weighted by molar-refractivity contribution is -0.142. The molecule has 4 heteroatoms. The number of carboxylic acid groups (broad SMARTS) is 1. The Morgan fingerprint density at radius 1 is 1.50 bits per heavy atom. The fourth-order valence-corrected chi connectivity index (χ4v) is 1.42. The first-order valence-electron chi connectivity index (χ1n) is 4.46. The van der Waals surface area contributed by atoms with Crippen LogP contribution >= 0.6 is 0 Å². The Morgan fingerprint density at radius 3 is 2.50 bits per heavy atom. The maximum absolute atomic E-state index is 10.8. The van der Waals surface area contributed by atoms with Crippen molar-refractivity contribution in [1.29, 1.82) is 0 Å². The summed E-state index contributed by atoms with van der Waals surface area (Å²) in [6.07, 6.45) is 3.32. The maximum Gasteiger partial charge on any atom is 0.308 e. The van der Waals surface area contributed by atoms with E-state index >= 15 is 0 Å². The van der Waals surface area contributed by atoms with E-state index in [4.69, 9.17) is 5.11 Å². The van der Waals surface area contributed by atoms with Gasteiger partial charge in [0.15, 0.2) is 0 Å². The summed E-state index contributed by atoms with van der Waals surface area (Å²) in [5.41, 5.74) is 0.942. The highest BCUT2D eigenvalue weighted by atomic mass is 16.4. The van der Waals surface area contributed by atoms with Gasteiger partial charge in [-0.3, -0.25) is 9.78 Å². The Balaban J connectivity index is 2.87. The molecule has 0 bridgehead atoms. The zero-order valence-corrected chi connectivity index (χ0v) is 8.27. The third-order valence-electron chi connectivity index (χ3n) is 2.27. The molecule has 2 atom stereocenters. The van der Waals surface area contributed by atoms with Gasteiger partial charge in [0.25, 0.3) is 0 Å². The summed E-state index contributed by atoms with van der Waals surface area (Å²) >= 11 is 0. The van der Waals surface area contributed by atoms with E-state index in [1.54, 1.807) is 26.4 Å². The third kappa shape index (κ3) is 2.29. The van der Waals surface area contributed by atoms with Crippen molar-refractivity contribution in [3.63, 3.8) is 0 Å². The van der Waals surface area contributed by atoms with Crippen LogP contribution in [0.2, 0.25) is 0 Å². The summed E-state index contributed by atoms with van der Waals surface area (Å²) < 4.78 is 0. The number of hydrogen-bond donors (Lipinski definition) is 2. The van der Waals surface area contributed by atoms with Crippen LogP contribution in [0.5, 0.6) is 0 Å². The van der Waals surface area contributed by atoms with Crippen LogP contribution in [0.3, 0.4) is 0 Å². The number of aromatic nitrogens is 1. The van der Waals surface area contributed by atoms with Crippen LogP contribution in [0.15, 0.2) is 24.5 Å². The van der Waals surface area contributed by atoms with Gasteiger partial charge in [0, 0.05) is 18.4 Å². The monoisotopic (exact) mass is 194 g/mol. The van der Waals surface area contributed by atoms with Crippen LogP contribution < -0.4 is 5.32 Å². The number of nitrogens with one attached hydrogen (secondary N) is 1. The molecule has 1 aromatic rings. The molecule has 1 rings (SSSR count). The lowest BCUT2D eigenvalue weighted by Gasteiger charge is -2.20. The highest BCUT2D eigenvalue weighted by Crippen LogP contribution is 2.20. The molecule has 0 saturated carbocycles. The van der Waals surface area contributed by atoms with Crippen molar-refractivity contribution in [3.8, 4) is 0 Å². The number of aliphatic carboxylic acids is 1. The Labute approximate surface area is 83.0 Å². The largest absolute Gasteiger partial charge is 0.481 e. The molecular weight excluding hydrogens is 180 g/mol. The lowest BCUT2D eigenvalue weighted by atomic mass is 9.96. The van der Waals surface area contributed by atoms with Crippen LogP contribution in [-0.4, -0.2) is 23.1 Å². The van der Waals surface area contributed by atoms with Gasteiger partial charge in [-0.15, -0.1) is 0 Å². The quantitative estimate of drug-likeness (QED) is 0.752. The van der Waals surface area contributed by atoms with Gasteiger partial charge in [-0.2, -0.15) is 0 Å². The fraction of sp³-hybridized carbons (Fsp3) is 0.400. The van der Waals surface area contributed by atoms with Gasteiger partial charge in [0.05, 0.1) is 5.92 Å². The molecule has 0 aromatic carbocycles. The number of nitrogens with zero attached hydrogens (tertiary/aromatic N) is 1. The number of hydrogen-bond acceptors (Lipinski definition) is 3. The summed E-state index contributed by atoms with van der Waals surface area (Å²) in [5, 5.41) is 11.9. The van der Waals surface area contributed by atoms with E-state index in [1.807, 2.05) is 12.1 Å². The molecule has 76 valence electrons. The molecule has 0 aliphatic heterocycles. The number of pyridine rings is 1. The van der Waals surface area contributed by atoms with Gasteiger partial charge >= 0.3 is 5.97 Å². The first-order chi connectivity index (χ1) is 6.66. The van der Waals surface area contributed by atoms with Crippen LogP contribution in [0.25, 0.3) is 0 Å². The van der Waals surface area contributed by atoms with E-state index in [9.17, 15) is 4.79 Å². The molecular formula is C10H14N2O2. The summed E-state index contributed by atoms with van der Waals surface area (Å²) in [6.45, 7) is 1.68. The minimum Gasteiger partial charge on any atom is -0.481 e. The minimum absolute atomic E-state index is 0.171. The third-order valence-corrected chi connectivity index (χ3v) is 2.27. The Kier molecular flexibility index (Phi) is 3.59. The molecule has 0 aliphatic rings. The number of carbonyl (C=O) groups is 1. The second kappa shape index (κ2) is 4.72. The van der Waals surface area contributed by atoms with Gasteiger partial charge in [0.1, 0.15) is 0 Å². The van der Waals surface area contributed by atoms with Gasteiger partial charge in [-0.25, -0.2) is 0 Å². The summed E-state index contributed by atoms with van der Waals surface area (Å²) in [7, 11) is 1.75. The van der Waals surface area contributed by atoms with Gasteiger partial charge in [-0.05, 0) is 24.7 Å². The number of rotatable bonds is 4. The average molecular weight is 194 g/mol. The molecule has 1 aromatic heterocycles. The van der Waals surface area contributed by atoms with Gasteiger partial charge in [0.2, 0.25) is 0 Å².